The Morgan fingerprint density at radius 3 is 2.58 bits per heavy atom. The Morgan fingerprint density at radius 2 is 2.00 bits per heavy atom. The minimum atomic E-state index is -4.10. The molecule has 1 aliphatic carbocycles. The Balaban J connectivity index is 1.92. The van der Waals surface area contributed by atoms with Gasteiger partial charge in [-0.15, -0.1) is 0 Å². The molecule has 1 unspecified atom stereocenters. The van der Waals surface area contributed by atoms with E-state index in [2.05, 4.69) is 17.1 Å². The number of hydrogen-bond acceptors (Lipinski definition) is 3. The molecule has 2 nitrogen and oxygen atoms in total. The summed E-state index contributed by atoms with van der Waals surface area (Å²) in [5.41, 5.74) is -3.96. The van der Waals surface area contributed by atoms with E-state index in [1.54, 1.807) is 0 Å². The van der Waals surface area contributed by atoms with Gasteiger partial charge in [-0.1, -0.05) is 19.8 Å². The first-order chi connectivity index (χ1) is 8.95. The van der Waals surface area contributed by atoms with E-state index in [9.17, 15) is 13.2 Å². The van der Waals surface area contributed by atoms with Gasteiger partial charge < -0.3 is 5.32 Å². The molecule has 0 aromatic heterocycles. The summed E-state index contributed by atoms with van der Waals surface area (Å²) < 4.78 is 36.8. The van der Waals surface area contributed by atoms with Crippen molar-refractivity contribution in [2.24, 2.45) is 0 Å². The summed E-state index contributed by atoms with van der Waals surface area (Å²) in [5, 5.41) is 3.57. The first kappa shape index (κ1) is 15.4. The van der Waals surface area contributed by atoms with Crippen molar-refractivity contribution >= 4 is 11.8 Å². The van der Waals surface area contributed by atoms with Crippen LogP contribution in [0.5, 0.6) is 0 Å². The van der Waals surface area contributed by atoms with Gasteiger partial charge in [0.1, 0.15) is 0 Å². The van der Waals surface area contributed by atoms with Crippen molar-refractivity contribution in [1.82, 2.24) is 10.2 Å². The summed E-state index contributed by atoms with van der Waals surface area (Å²) in [6.45, 7) is 4.53. The van der Waals surface area contributed by atoms with Gasteiger partial charge in [0, 0.05) is 37.0 Å². The lowest BCUT2D eigenvalue weighted by Crippen LogP contribution is -2.63. The highest BCUT2D eigenvalue weighted by atomic mass is 32.2. The summed E-state index contributed by atoms with van der Waals surface area (Å²) in [6.07, 6.45) is 5.72. The number of piperazine rings is 1. The fourth-order valence-electron chi connectivity index (χ4n) is 3.37. The highest BCUT2D eigenvalue weighted by Crippen LogP contribution is 2.38. The van der Waals surface area contributed by atoms with Gasteiger partial charge in [0.15, 0.2) is 0 Å². The number of nitrogens with zero attached hydrogens (tertiary/aromatic N) is 1. The molecule has 112 valence electrons. The van der Waals surface area contributed by atoms with E-state index in [0.29, 0.717) is 12.6 Å². The van der Waals surface area contributed by atoms with Crippen LogP contribution in [0.15, 0.2) is 0 Å². The van der Waals surface area contributed by atoms with Gasteiger partial charge in [-0.05, 0) is 31.0 Å². The van der Waals surface area contributed by atoms with E-state index in [1.807, 2.05) is 0 Å². The van der Waals surface area contributed by atoms with Crippen LogP contribution in [-0.4, -0.2) is 47.4 Å². The average molecular weight is 296 g/mol. The molecule has 0 aromatic carbocycles. The lowest BCUT2D eigenvalue weighted by atomic mass is 9.90. The molecule has 2 rings (SSSR count). The van der Waals surface area contributed by atoms with Gasteiger partial charge in [-0.3, -0.25) is 4.90 Å². The van der Waals surface area contributed by atoms with Crippen molar-refractivity contribution in [3.63, 3.8) is 0 Å². The fourth-order valence-corrected chi connectivity index (χ4v) is 3.91. The monoisotopic (exact) mass is 296 g/mol. The molecule has 1 atom stereocenters. The van der Waals surface area contributed by atoms with Crippen LogP contribution >= 0.6 is 11.8 Å². The highest BCUT2D eigenvalue weighted by Gasteiger charge is 2.43. The standard InChI is InChI=1S/C13H23F3N2S/c1-2-11-9-18(7-8-19-13(14,15)16)12(10-17-11)5-3-4-6-12/h11,17H,2-10H2,1H3. The second-order valence-electron chi connectivity index (χ2n) is 5.66. The third-order valence-corrected chi connectivity index (χ3v) is 5.20. The van der Waals surface area contributed by atoms with Crippen LogP contribution in [0.4, 0.5) is 13.2 Å². The molecule has 0 amide bonds. The SMILES string of the molecule is CCC1CN(CCSC(F)(F)F)C2(CCCC2)CN1. The maximum absolute atomic E-state index is 12.3. The molecule has 1 heterocycles. The van der Waals surface area contributed by atoms with E-state index >= 15 is 0 Å². The summed E-state index contributed by atoms with van der Waals surface area (Å²) in [4.78, 5) is 2.34. The zero-order chi connectivity index (χ0) is 13.9. The van der Waals surface area contributed by atoms with Crippen molar-refractivity contribution in [2.45, 2.75) is 56.1 Å². The predicted octanol–water partition coefficient (Wildman–Crippen LogP) is 3.24. The Hall–Kier alpha value is 0.0600. The van der Waals surface area contributed by atoms with Crippen LogP contribution in [-0.2, 0) is 0 Å². The molecular formula is C13H23F3N2S. The first-order valence-corrected chi connectivity index (χ1v) is 8.13. The minimum absolute atomic E-state index is 0.116. The quantitative estimate of drug-likeness (QED) is 0.857. The zero-order valence-corrected chi connectivity index (χ0v) is 12.2. The molecule has 1 saturated heterocycles. The zero-order valence-electron chi connectivity index (χ0n) is 11.4. The fraction of sp³-hybridized carbons (Fsp3) is 1.00. The van der Waals surface area contributed by atoms with Crippen molar-refractivity contribution in [2.75, 3.05) is 25.4 Å². The Morgan fingerprint density at radius 1 is 1.32 bits per heavy atom. The molecule has 1 spiro atoms. The van der Waals surface area contributed by atoms with Crippen LogP contribution in [0.1, 0.15) is 39.0 Å². The van der Waals surface area contributed by atoms with Crippen molar-refractivity contribution in [3.8, 4) is 0 Å². The van der Waals surface area contributed by atoms with Crippen LogP contribution in [0, 0.1) is 0 Å². The lowest BCUT2D eigenvalue weighted by molar-refractivity contribution is -0.0332. The van der Waals surface area contributed by atoms with E-state index in [4.69, 9.17) is 0 Å². The normalized spacial score (nSPS) is 28.1. The summed E-state index contributed by atoms with van der Waals surface area (Å²) in [5.74, 6) is 0.154. The number of alkyl halides is 3. The third-order valence-electron chi connectivity index (χ3n) is 4.49. The minimum Gasteiger partial charge on any atom is -0.311 e. The topological polar surface area (TPSA) is 15.3 Å². The molecular weight excluding hydrogens is 273 g/mol. The van der Waals surface area contributed by atoms with Gasteiger partial charge in [-0.2, -0.15) is 13.2 Å². The van der Waals surface area contributed by atoms with Gasteiger partial charge >= 0.3 is 5.51 Å². The molecule has 2 aliphatic rings. The van der Waals surface area contributed by atoms with Crippen LogP contribution < -0.4 is 5.32 Å². The van der Waals surface area contributed by atoms with Gasteiger partial charge in [0.05, 0.1) is 0 Å². The predicted molar refractivity (Wildman–Crippen MR) is 73.4 cm³/mol. The molecule has 2 fully saturated rings. The molecule has 0 bridgehead atoms. The Labute approximate surface area is 117 Å². The van der Waals surface area contributed by atoms with E-state index in [-0.39, 0.29) is 23.1 Å². The number of nitrogens with one attached hydrogen (secondary N) is 1. The highest BCUT2D eigenvalue weighted by molar-refractivity contribution is 8.00. The second kappa shape index (κ2) is 6.22. The molecule has 0 aromatic rings. The van der Waals surface area contributed by atoms with Crippen molar-refractivity contribution in [3.05, 3.63) is 0 Å². The Bertz CT molecular complexity index is 290. The van der Waals surface area contributed by atoms with Crippen molar-refractivity contribution < 1.29 is 13.2 Å². The third kappa shape index (κ3) is 4.02. The number of hydrogen-bond donors (Lipinski definition) is 1. The van der Waals surface area contributed by atoms with Crippen molar-refractivity contribution in [1.29, 1.82) is 0 Å². The van der Waals surface area contributed by atoms with Gasteiger partial charge in [-0.25, -0.2) is 0 Å². The maximum atomic E-state index is 12.3. The molecule has 1 N–H and O–H groups in total. The molecule has 1 aliphatic heterocycles. The average Bonchev–Trinajstić information content (AvgIpc) is 2.80. The molecule has 19 heavy (non-hydrogen) atoms. The van der Waals surface area contributed by atoms with Gasteiger partial charge in [0.2, 0.25) is 0 Å². The second-order valence-corrected chi connectivity index (χ2v) is 6.82. The smallest absolute Gasteiger partial charge is 0.311 e. The number of halogens is 3. The van der Waals surface area contributed by atoms with E-state index in [1.165, 1.54) is 12.8 Å². The largest absolute Gasteiger partial charge is 0.441 e. The maximum Gasteiger partial charge on any atom is 0.441 e. The van der Waals surface area contributed by atoms with Crippen LogP contribution in [0.25, 0.3) is 0 Å². The first-order valence-electron chi connectivity index (χ1n) is 7.14. The van der Waals surface area contributed by atoms with E-state index < -0.39 is 5.51 Å². The van der Waals surface area contributed by atoms with E-state index in [0.717, 1.165) is 32.4 Å². The van der Waals surface area contributed by atoms with Crippen LogP contribution in [0.3, 0.4) is 0 Å². The molecule has 0 radical (unpaired) electrons. The molecule has 1 saturated carbocycles. The summed E-state index contributed by atoms with van der Waals surface area (Å²) in [6, 6.07) is 0.433. The van der Waals surface area contributed by atoms with Gasteiger partial charge in [0.25, 0.3) is 0 Å². The lowest BCUT2D eigenvalue weighted by Gasteiger charge is -2.48. The number of rotatable bonds is 4. The summed E-state index contributed by atoms with van der Waals surface area (Å²) in [7, 11) is 0. The van der Waals surface area contributed by atoms with Crippen LogP contribution in [0.2, 0.25) is 0 Å². The Kier molecular flexibility index (Phi) is 5.06. The molecule has 6 heteroatoms. The number of thioether (sulfide) groups is 1. The summed E-state index contributed by atoms with van der Waals surface area (Å²) >= 11 is 0.116.